The average molecular weight is 250 g/mol. The van der Waals surface area contributed by atoms with Gasteiger partial charge in [-0.2, -0.15) is 0 Å². The Kier molecular flexibility index (Phi) is 4.44. The Bertz CT molecular complexity index is 488. The van der Waals surface area contributed by atoms with Crippen molar-refractivity contribution in [2.45, 2.75) is 34.6 Å². The van der Waals surface area contributed by atoms with Crippen molar-refractivity contribution in [3.63, 3.8) is 0 Å². The molecule has 0 amide bonds. The zero-order valence-corrected chi connectivity index (χ0v) is 11.6. The molecule has 0 unspecified atom stereocenters. The van der Waals surface area contributed by atoms with Gasteiger partial charge in [-0.25, -0.2) is 8.78 Å². The third-order valence-electron chi connectivity index (χ3n) is 2.97. The van der Waals surface area contributed by atoms with Gasteiger partial charge >= 0.3 is 0 Å². The molecule has 0 saturated carbocycles. The summed E-state index contributed by atoms with van der Waals surface area (Å²) in [6.07, 6.45) is 3.92. The first kappa shape index (κ1) is 14.6. The number of halogens is 2. The molecule has 2 heteroatoms. The summed E-state index contributed by atoms with van der Waals surface area (Å²) >= 11 is 0. The molecule has 18 heavy (non-hydrogen) atoms. The zero-order chi connectivity index (χ0) is 13.9. The van der Waals surface area contributed by atoms with Crippen LogP contribution >= 0.6 is 0 Å². The summed E-state index contributed by atoms with van der Waals surface area (Å²) in [6.45, 7) is 10.5. The monoisotopic (exact) mass is 250 g/mol. The molecular weight excluding hydrogens is 230 g/mol. The van der Waals surface area contributed by atoms with E-state index in [2.05, 4.69) is 33.8 Å². The molecule has 1 aromatic rings. The fourth-order valence-electron chi connectivity index (χ4n) is 1.46. The Hall–Kier alpha value is -1.44. The van der Waals surface area contributed by atoms with Crippen molar-refractivity contribution in [1.29, 1.82) is 0 Å². The third kappa shape index (κ3) is 4.10. The van der Waals surface area contributed by atoms with Gasteiger partial charge in [0.25, 0.3) is 0 Å². The maximum absolute atomic E-state index is 13.1. The lowest BCUT2D eigenvalue weighted by Crippen LogP contribution is -2.06. The van der Waals surface area contributed by atoms with Gasteiger partial charge < -0.3 is 0 Å². The van der Waals surface area contributed by atoms with Crippen molar-refractivity contribution in [2.24, 2.45) is 5.41 Å². The Morgan fingerprint density at radius 3 is 2.17 bits per heavy atom. The number of rotatable bonds is 2. The fourth-order valence-corrected chi connectivity index (χ4v) is 1.46. The van der Waals surface area contributed by atoms with Crippen LogP contribution in [-0.4, -0.2) is 0 Å². The smallest absolute Gasteiger partial charge is 0.159 e. The van der Waals surface area contributed by atoms with E-state index in [1.807, 2.05) is 13.0 Å². The van der Waals surface area contributed by atoms with Gasteiger partial charge in [0.15, 0.2) is 11.6 Å². The predicted molar refractivity (Wildman–Crippen MR) is 73.2 cm³/mol. The molecule has 0 saturated heterocycles. The lowest BCUT2D eigenvalue weighted by atomic mass is 9.86. The molecule has 98 valence electrons. The van der Waals surface area contributed by atoms with Crippen LogP contribution in [0.15, 0.2) is 35.4 Å². The van der Waals surface area contributed by atoms with Crippen LogP contribution in [-0.2, 0) is 0 Å². The van der Waals surface area contributed by atoms with Gasteiger partial charge in [-0.3, -0.25) is 0 Å². The van der Waals surface area contributed by atoms with E-state index in [-0.39, 0.29) is 5.41 Å². The summed E-state index contributed by atoms with van der Waals surface area (Å²) in [5.74, 6) is -1.63. The summed E-state index contributed by atoms with van der Waals surface area (Å²) in [5.41, 5.74) is 3.06. The van der Waals surface area contributed by atoms with Crippen molar-refractivity contribution in [3.05, 3.63) is 52.6 Å². The van der Waals surface area contributed by atoms with Gasteiger partial charge in [0.1, 0.15) is 0 Å². The van der Waals surface area contributed by atoms with Crippen LogP contribution in [0.1, 0.15) is 40.2 Å². The Morgan fingerprint density at radius 1 is 1.06 bits per heavy atom. The topological polar surface area (TPSA) is 0 Å². The molecule has 0 spiro atoms. The van der Waals surface area contributed by atoms with Crippen LogP contribution in [0, 0.1) is 17.0 Å². The van der Waals surface area contributed by atoms with E-state index in [0.29, 0.717) is 5.56 Å². The number of benzene rings is 1. The SMILES string of the molecule is CC(=C/c1ccc(F)c(F)c1)/C=C(\C)C(C)(C)C. The second-order valence-corrected chi connectivity index (χ2v) is 5.64. The van der Waals surface area contributed by atoms with Crippen LogP contribution in [0.4, 0.5) is 8.78 Å². The van der Waals surface area contributed by atoms with E-state index in [4.69, 9.17) is 0 Å². The molecule has 0 nitrogen and oxygen atoms in total. The van der Waals surface area contributed by atoms with Crippen molar-refractivity contribution in [2.75, 3.05) is 0 Å². The van der Waals surface area contributed by atoms with Gasteiger partial charge in [0, 0.05) is 0 Å². The normalized spacial score (nSPS) is 13.9. The molecule has 0 aliphatic carbocycles. The molecule has 1 aromatic carbocycles. The lowest BCUT2D eigenvalue weighted by Gasteiger charge is -2.19. The van der Waals surface area contributed by atoms with Crippen molar-refractivity contribution in [3.8, 4) is 0 Å². The van der Waals surface area contributed by atoms with Gasteiger partial charge in [-0.1, -0.05) is 50.1 Å². The van der Waals surface area contributed by atoms with Crippen LogP contribution in [0.3, 0.4) is 0 Å². The van der Waals surface area contributed by atoms with Gasteiger partial charge in [-0.05, 0) is 37.0 Å². The Labute approximate surface area is 108 Å². The van der Waals surface area contributed by atoms with Gasteiger partial charge in [-0.15, -0.1) is 0 Å². The fraction of sp³-hybridized carbons (Fsp3) is 0.375. The molecule has 0 atom stereocenters. The molecule has 0 N–H and O–H groups in total. The van der Waals surface area contributed by atoms with Gasteiger partial charge in [0.2, 0.25) is 0 Å². The highest BCUT2D eigenvalue weighted by Gasteiger charge is 2.11. The van der Waals surface area contributed by atoms with Crippen LogP contribution in [0.5, 0.6) is 0 Å². The van der Waals surface area contributed by atoms with Gasteiger partial charge in [0.05, 0.1) is 0 Å². The van der Waals surface area contributed by atoms with Crippen LogP contribution < -0.4 is 0 Å². The summed E-state index contributed by atoms with van der Waals surface area (Å²) in [4.78, 5) is 0. The Morgan fingerprint density at radius 2 is 1.67 bits per heavy atom. The lowest BCUT2D eigenvalue weighted by molar-refractivity contribution is 0.503. The molecule has 0 aliphatic rings. The van der Waals surface area contributed by atoms with Crippen molar-refractivity contribution >= 4 is 6.08 Å². The van der Waals surface area contributed by atoms with E-state index in [1.165, 1.54) is 11.6 Å². The van der Waals surface area contributed by atoms with Crippen LogP contribution in [0.2, 0.25) is 0 Å². The van der Waals surface area contributed by atoms with E-state index in [1.54, 1.807) is 6.07 Å². The van der Waals surface area contributed by atoms with E-state index >= 15 is 0 Å². The first-order chi connectivity index (χ1) is 8.20. The zero-order valence-electron chi connectivity index (χ0n) is 11.6. The Balaban J connectivity index is 3.00. The number of hydrogen-bond donors (Lipinski definition) is 0. The highest BCUT2D eigenvalue weighted by atomic mass is 19.2. The molecule has 0 fully saturated rings. The largest absolute Gasteiger partial charge is 0.204 e. The molecule has 0 radical (unpaired) electrons. The number of hydrogen-bond acceptors (Lipinski definition) is 0. The minimum Gasteiger partial charge on any atom is -0.204 e. The van der Waals surface area contributed by atoms with E-state index in [0.717, 1.165) is 11.6 Å². The standard InChI is InChI=1S/C16H20F2/c1-11(8-12(2)16(3,4)5)9-13-6-7-14(17)15(18)10-13/h6-10H,1-5H3/b11-9-,12-8+. The molecule has 0 bridgehead atoms. The number of allylic oxidation sites excluding steroid dienone is 3. The minimum atomic E-state index is -0.814. The third-order valence-corrected chi connectivity index (χ3v) is 2.97. The van der Waals surface area contributed by atoms with Crippen molar-refractivity contribution < 1.29 is 8.78 Å². The molecule has 1 rings (SSSR count). The maximum atomic E-state index is 13.1. The average Bonchev–Trinajstić information content (AvgIpc) is 2.22. The van der Waals surface area contributed by atoms with Crippen LogP contribution in [0.25, 0.3) is 6.08 Å². The molecule has 0 aliphatic heterocycles. The highest BCUT2D eigenvalue weighted by Crippen LogP contribution is 2.26. The second-order valence-electron chi connectivity index (χ2n) is 5.64. The predicted octanol–water partition coefficient (Wildman–Crippen LogP) is 5.36. The molecule has 0 heterocycles. The molecule has 0 aromatic heterocycles. The first-order valence-electron chi connectivity index (χ1n) is 6.02. The van der Waals surface area contributed by atoms with E-state index in [9.17, 15) is 8.78 Å². The van der Waals surface area contributed by atoms with E-state index < -0.39 is 11.6 Å². The summed E-state index contributed by atoms with van der Waals surface area (Å²) in [7, 11) is 0. The summed E-state index contributed by atoms with van der Waals surface area (Å²) < 4.78 is 25.9. The van der Waals surface area contributed by atoms with Crippen molar-refractivity contribution in [1.82, 2.24) is 0 Å². The minimum absolute atomic E-state index is 0.114. The summed E-state index contributed by atoms with van der Waals surface area (Å²) in [5, 5.41) is 0. The second kappa shape index (κ2) is 5.47. The quantitative estimate of drug-likeness (QED) is 0.620. The summed E-state index contributed by atoms with van der Waals surface area (Å²) in [6, 6.07) is 3.93. The molecular formula is C16H20F2. The highest BCUT2D eigenvalue weighted by molar-refractivity contribution is 5.55. The first-order valence-corrected chi connectivity index (χ1v) is 6.02. The maximum Gasteiger partial charge on any atom is 0.159 e.